The fourth-order valence-electron chi connectivity index (χ4n) is 1.13. The first-order valence-corrected chi connectivity index (χ1v) is 4.15. The lowest BCUT2D eigenvalue weighted by atomic mass is 10.2. The summed E-state index contributed by atoms with van der Waals surface area (Å²) in [6.07, 6.45) is 0. The third kappa shape index (κ3) is 7.35. The minimum absolute atomic E-state index is 0.689. The number of piperazine rings is 1. The normalized spacial score (nSPS) is 22.8. The van der Waals surface area contributed by atoms with E-state index in [2.05, 4.69) is 35.0 Å². The molecule has 1 fully saturated rings. The Morgan fingerprint density at radius 2 is 2.31 bits per heavy atom. The Morgan fingerprint density at radius 3 is 2.54 bits per heavy atom. The highest BCUT2D eigenvalue weighted by Gasteiger charge is 2.09. The number of amides is 2. The van der Waals surface area contributed by atoms with Gasteiger partial charge in [0.1, 0.15) is 0 Å². The number of nitrogens with zero attached hydrogens (tertiary/aromatic N) is 2. The summed E-state index contributed by atoms with van der Waals surface area (Å²) in [7, 11) is 2.16. The van der Waals surface area contributed by atoms with Crippen LogP contribution >= 0.6 is 0 Å². The maximum atomic E-state index is 9.24. The molecule has 0 saturated carbocycles. The molecule has 1 aliphatic rings. The van der Waals surface area contributed by atoms with E-state index in [-0.39, 0.29) is 0 Å². The van der Waals surface area contributed by atoms with Gasteiger partial charge in [0.05, 0.1) is 0 Å². The highest BCUT2D eigenvalue weighted by atomic mass is 16.2. The van der Waals surface area contributed by atoms with Crippen molar-refractivity contribution in [2.24, 2.45) is 10.8 Å². The standard InChI is InChI=1S/C6H14N2.CH3N3O/c1-6-5-8(2)4-3-7-6;2-1(5)4-3/h6-7H,3-5H2,1-2H3;3H,(H2,2,5). The van der Waals surface area contributed by atoms with Gasteiger partial charge in [0.15, 0.2) is 0 Å². The van der Waals surface area contributed by atoms with Crippen molar-refractivity contribution in [2.45, 2.75) is 13.0 Å². The summed E-state index contributed by atoms with van der Waals surface area (Å²) in [5.74, 6) is 0. The van der Waals surface area contributed by atoms with Crippen LogP contribution in [0.15, 0.2) is 5.11 Å². The highest BCUT2D eigenvalue weighted by molar-refractivity contribution is 5.71. The van der Waals surface area contributed by atoms with Gasteiger partial charge in [0, 0.05) is 25.7 Å². The monoisotopic (exact) mass is 187 g/mol. The summed E-state index contributed by atoms with van der Waals surface area (Å²) in [6, 6.07) is -0.265. The molecule has 0 radical (unpaired) electrons. The summed E-state index contributed by atoms with van der Waals surface area (Å²) < 4.78 is 0. The second-order valence-corrected chi connectivity index (χ2v) is 3.07. The Kier molecular flexibility index (Phi) is 5.99. The van der Waals surface area contributed by atoms with Crippen LogP contribution in [0.4, 0.5) is 4.79 Å². The molecule has 76 valence electrons. The predicted molar refractivity (Wildman–Crippen MR) is 49.7 cm³/mol. The van der Waals surface area contributed by atoms with E-state index < -0.39 is 6.03 Å². The number of primary amides is 1. The molecule has 0 aromatic rings. The van der Waals surface area contributed by atoms with Crippen LogP contribution in [0.2, 0.25) is 0 Å². The summed E-state index contributed by atoms with van der Waals surface area (Å²) in [4.78, 5) is 11.6. The van der Waals surface area contributed by atoms with E-state index in [1.807, 2.05) is 0 Å². The van der Waals surface area contributed by atoms with Crippen molar-refractivity contribution in [1.82, 2.24) is 10.2 Å². The zero-order valence-electron chi connectivity index (χ0n) is 8.08. The second-order valence-electron chi connectivity index (χ2n) is 3.07. The van der Waals surface area contributed by atoms with Crippen molar-refractivity contribution in [2.75, 3.05) is 26.7 Å². The van der Waals surface area contributed by atoms with Crippen LogP contribution in [0.3, 0.4) is 0 Å². The molecule has 6 heteroatoms. The van der Waals surface area contributed by atoms with E-state index in [0.29, 0.717) is 6.04 Å². The Hall–Kier alpha value is -1.01. The van der Waals surface area contributed by atoms with Crippen LogP contribution in [0.5, 0.6) is 0 Å². The first-order valence-electron chi connectivity index (χ1n) is 4.15. The van der Waals surface area contributed by atoms with E-state index in [0.717, 1.165) is 6.54 Å². The summed E-state index contributed by atoms with van der Waals surface area (Å²) >= 11 is 0. The van der Waals surface area contributed by atoms with Gasteiger partial charge in [-0.1, -0.05) is 5.11 Å². The largest absolute Gasteiger partial charge is 0.356 e. The minimum atomic E-state index is -0.954. The van der Waals surface area contributed by atoms with Crippen molar-refractivity contribution >= 4 is 6.03 Å². The Morgan fingerprint density at radius 1 is 1.77 bits per heavy atom. The number of rotatable bonds is 0. The fraction of sp³-hybridized carbons (Fsp3) is 0.857. The molecule has 1 saturated heterocycles. The Balaban J connectivity index is 0.000000252. The zero-order chi connectivity index (χ0) is 10.3. The van der Waals surface area contributed by atoms with Crippen molar-refractivity contribution in [3.63, 3.8) is 0 Å². The van der Waals surface area contributed by atoms with Gasteiger partial charge in [-0.15, -0.1) is 0 Å². The van der Waals surface area contributed by atoms with Crippen molar-refractivity contribution in [3.05, 3.63) is 0 Å². The Labute approximate surface area is 78.0 Å². The molecule has 0 spiro atoms. The van der Waals surface area contributed by atoms with Crippen LogP contribution in [-0.4, -0.2) is 43.7 Å². The van der Waals surface area contributed by atoms with Gasteiger partial charge in [-0.05, 0) is 14.0 Å². The van der Waals surface area contributed by atoms with Gasteiger partial charge in [0.25, 0.3) is 0 Å². The van der Waals surface area contributed by atoms with Gasteiger partial charge in [-0.3, -0.25) is 0 Å². The van der Waals surface area contributed by atoms with Crippen molar-refractivity contribution < 1.29 is 4.79 Å². The van der Waals surface area contributed by atoms with Crippen molar-refractivity contribution in [1.29, 1.82) is 5.53 Å². The molecule has 1 unspecified atom stereocenters. The fourth-order valence-corrected chi connectivity index (χ4v) is 1.13. The number of likely N-dealkylation sites (N-methyl/N-ethyl adjacent to an activating group) is 1. The van der Waals surface area contributed by atoms with Gasteiger partial charge in [0.2, 0.25) is 0 Å². The maximum absolute atomic E-state index is 9.24. The number of carbonyl (C=O) groups is 1. The van der Waals surface area contributed by atoms with Crippen LogP contribution in [0.1, 0.15) is 6.92 Å². The second kappa shape index (κ2) is 6.50. The molecule has 13 heavy (non-hydrogen) atoms. The molecular formula is C7H17N5O. The van der Waals surface area contributed by atoms with Crippen LogP contribution < -0.4 is 11.1 Å². The molecule has 1 heterocycles. The van der Waals surface area contributed by atoms with E-state index in [4.69, 9.17) is 5.53 Å². The van der Waals surface area contributed by atoms with E-state index >= 15 is 0 Å². The SMILES string of the molecule is CC1CN(C)CCN1.N=NC(N)=O. The predicted octanol–water partition coefficient (Wildman–Crippen LogP) is 0.00597. The van der Waals surface area contributed by atoms with Crippen LogP contribution in [0, 0.1) is 5.53 Å². The van der Waals surface area contributed by atoms with E-state index in [1.54, 1.807) is 0 Å². The smallest absolute Gasteiger partial charge is 0.348 e. The van der Waals surface area contributed by atoms with Gasteiger partial charge >= 0.3 is 6.03 Å². The zero-order valence-corrected chi connectivity index (χ0v) is 8.08. The van der Waals surface area contributed by atoms with Gasteiger partial charge < -0.3 is 16.0 Å². The lowest BCUT2D eigenvalue weighted by Gasteiger charge is -2.28. The third-order valence-electron chi connectivity index (χ3n) is 1.68. The van der Waals surface area contributed by atoms with Gasteiger partial charge in [-0.25, -0.2) is 4.79 Å². The maximum Gasteiger partial charge on any atom is 0.356 e. The molecule has 1 atom stereocenters. The topological polar surface area (TPSA) is 94.6 Å². The number of hydrogen-bond donors (Lipinski definition) is 3. The summed E-state index contributed by atoms with van der Waals surface area (Å²) in [5.41, 5.74) is 10.1. The molecular weight excluding hydrogens is 170 g/mol. The van der Waals surface area contributed by atoms with Gasteiger partial charge in [-0.2, -0.15) is 5.53 Å². The molecule has 6 nitrogen and oxygen atoms in total. The summed E-state index contributed by atoms with van der Waals surface area (Å²) in [5, 5.41) is 5.65. The lowest BCUT2D eigenvalue weighted by Crippen LogP contribution is -2.47. The number of urea groups is 1. The molecule has 0 aromatic heterocycles. The number of nitrogens with two attached hydrogens (primary N) is 1. The molecule has 2 amide bonds. The molecule has 0 aliphatic carbocycles. The van der Waals surface area contributed by atoms with E-state index in [9.17, 15) is 4.79 Å². The molecule has 1 aliphatic heterocycles. The first kappa shape index (κ1) is 12.0. The number of carbonyl (C=O) groups excluding carboxylic acids is 1. The molecule has 1 rings (SSSR count). The summed E-state index contributed by atoms with van der Waals surface area (Å²) in [6.45, 7) is 5.76. The van der Waals surface area contributed by atoms with Crippen molar-refractivity contribution in [3.8, 4) is 0 Å². The Bertz CT molecular complexity index is 164. The minimum Gasteiger partial charge on any atom is -0.348 e. The number of hydrogen-bond acceptors (Lipinski definition) is 4. The molecule has 4 N–H and O–H groups in total. The van der Waals surface area contributed by atoms with E-state index in [1.165, 1.54) is 13.1 Å². The molecule has 0 bridgehead atoms. The third-order valence-corrected chi connectivity index (χ3v) is 1.68. The first-order chi connectivity index (χ1) is 6.06. The molecule has 0 aromatic carbocycles. The van der Waals surface area contributed by atoms with Crippen LogP contribution in [-0.2, 0) is 0 Å². The van der Waals surface area contributed by atoms with Crippen LogP contribution in [0.25, 0.3) is 0 Å². The highest BCUT2D eigenvalue weighted by Crippen LogP contribution is 1.92. The average Bonchev–Trinajstić information content (AvgIpc) is 2.05. The number of nitrogens with one attached hydrogen (secondary N) is 2. The average molecular weight is 187 g/mol. The lowest BCUT2D eigenvalue weighted by molar-refractivity contribution is 0.248. The quantitative estimate of drug-likeness (QED) is 0.466.